The van der Waals surface area contributed by atoms with Crippen LogP contribution < -0.4 is 14.8 Å². The topological polar surface area (TPSA) is 67.9 Å². The van der Waals surface area contributed by atoms with E-state index in [1.54, 1.807) is 30.0 Å². The highest BCUT2D eigenvalue weighted by atomic mass is 32.2. The van der Waals surface area contributed by atoms with Gasteiger partial charge in [-0.3, -0.25) is 14.5 Å². The normalized spacial score (nSPS) is 15.2. The predicted octanol–water partition coefficient (Wildman–Crippen LogP) is 2.13. The van der Waals surface area contributed by atoms with Crippen LogP contribution in [0.4, 0.5) is 0 Å². The number of hydrogen-bond donors (Lipinski definition) is 1. The van der Waals surface area contributed by atoms with E-state index in [-0.39, 0.29) is 30.7 Å². The highest BCUT2D eigenvalue weighted by Gasteiger charge is 2.25. The zero-order valence-electron chi connectivity index (χ0n) is 14.5. The van der Waals surface area contributed by atoms with Gasteiger partial charge in [-0.15, -0.1) is 0 Å². The van der Waals surface area contributed by atoms with Crippen LogP contribution in [0, 0.1) is 0 Å². The molecule has 1 heterocycles. The predicted molar refractivity (Wildman–Crippen MR) is 94.7 cm³/mol. The largest absolute Gasteiger partial charge is 0.454 e. The second kappa shape index (κ2) is 8.39. The number of nitrogens with zero attached hydrogens (tertiary/aromatic N) is 1. The number of hydrogen-bond acceptors (Lipinski definition) is 6. The van der Waals surface area contributed by atoms with Crippen LogP contribution in [-0.2, 0) is 4.79 Å². The molecule has 0 radical (unpaired) electrons. The molecule has 1 N–H and O–H groups in total. The van der Waals surface area contributed by atoms with Gasteiger partial charge in [0.2, 0.25) is 12.7 Å². The van der Waals surface area contributed by atoms with E-state index >= 15 is 0 Å². The molecule has 0 saturated carbocycles. The van der Waals surface area contributed by atoms with Crippen molar-refractivity contribution >= 4 is 23.5 Å². The third-order valence-electron chi connectivity index (χ3n) is 4.16. The maximum atomic E-state index is 12.7. The minimum atomic E-state index is -0.374. The smallest absolute Gasteiger partial charge is 0.231 e. The van der Waals surface area contributed by atoms with E-state index in [9.17, 15) is 9.59 Å². The summed E-state index contributed by atoms with van der Waals surface area (Å²) in [4.78, 5) is 26.4. The van der Waals surface area contributed by atoms with E-state index < -0.39 is 0 Å². The van der Waals surface area contributed by atoms with E-state index in [4.69, 9.17) is 9.47 Å². The molecule has 1 aromatic carbocycles. The van der Waals surface area contributed by atoms with Crippen molar-refractivity contribution in [2.75, 3.05) is 25.8 Å². The van der Waals surface area contributed by atoms with Crippen molar-refractivity contribution in [1.82, 2.24) is 10.2 Å². The molecule has 7 heteroatoms. The van der Waals surface area contributed by atoms with Crippen molar-refractivity contribution in [3.8, 4) is 11.5 Å². The number of ether oxygens (including phenoxy) is 2. The molecular weight excluding hydrogens is 328 g/mol. The number of fused-ring (bicyclic) bond motifs is 1. The van der Waals surface area contributed by atoms with E-state index in [1.807, 2.05) is 32.1 Å². The van der Waals surface area contributed by atoms with Crippen LogP contribution in [0.2, 0.25) is 0 Å². The van der Waals surface area contributed by atoms with Crippen molar-refractivity contribution in [2.45, 2.75) is 32.5 Å². The Morgan fingerprint density at radius 1 is 1.29 bits per heavy atom. The minimum Gasteiger partial charge on any atom is -0.454 e. The van der Waals surface area contributed by atoms with Crippen molar-refractivity contribution < 1.29 is 19.1 Å². The molecule has 0 spiro atoms. The zero-order valence-corrected chi connectivity index (χ0v) is 15.3. The Balaban J connectivity index is 1.97. The Kier molecular flexibility index (Phi) is 6.51. The van der Waals surface area contributed by atoms with E-state index in [2.05, 4.69) is 5.32 Å². The second-order valence-corrected chi connectivity index (χ2v) is 6.75. The van der Waals surface area contributed by atoms with Crippen molar-refractivity contribution in [1.29, 1.82) is 0 Å². The first-order valence-electron chi connectivity index (χ1n) is 7.88. The molecule has 6 nitrogen and oxygen atoms in total. The molecule has 2 rings (SSSR count). The summed E-state index contributed by atoms with van der Waals surface area (Å²) in [5, 5.41) is 2.92. The quantitative estimate of drug-likeness (QED) is 0.571. The van der Waals surface area contributed by atoms with Gasteiger partial charge in [-0.1, -0.05) is 0 Å². The third kappa shape index (κ3) is 4.42. The number of likely N-dealkylation sites (N-methyl/N-ethyl adjacent to an activating group) is 1. The Labute approximate surface area is 146 Å². The Morgan fingerprint density at radius 2 is 2.00 bits per heavy atom. The van der Waals surface area contributed by atoms with Crippen molar-refractivity contribution in [3.05, 3.63) is 23.8 Å². The molecule has 24 heavy (non-hydrogen) atoms. The van der Waals surface area contributed by atoms with Gasteiger partial charge in [0.25, 0.3) is 0 Å². The van der Waals surface area contributed by atoms with E-state index in [0.717, 1.165) is 5.75 Å². The van der Waals surface area contributed by atoms with Gasteiger partial charge < -0.3 is 14.8 Å². The number of amides is 1. The summed E-state index contributed by atoms with van der Waals surface area (Å²) in [5.74, 6) is 2.00. The zero-order chi connectivity index (χ0) is 17.7. The highest BCUT2D eigenvalue weighted by Crippen LogP contribution is 2.33. The van der Waals surface area contributed by atoms with Crippen LogP contribution in [0.25, 0.3) is 0 Å². The number of carbonyl (C=O) groups excluding carboxylic acids is 2. The van der Waals surface area contributed by atoms with Gasteiger partial charge in [-0.05, 0) is 45.4 Å². The van der Waals surface area contributed by atoms with E-state index in [1.165, 1.54) is 0 Å². The molecule has 1 aromatic rings. The molecule has 1 aliphatic rings. The lowest BCUT2D eigenvalue weighted by Crippen LogP contribution is -2.50. The molecule has 0 aliphatic carbocycles. The molecule has 0 saturated heterocycles. The summed E-state index contributed by atoms with van der Waals surface area (Å²) in [6.07, 6.45) is 2.21. The summed E-state index contributed by atoms with van der Waals surface area (Å²) in [6, 6.07) is 4.82. The second-order valence-electron chi connectivity index (χ2n) is 5.76. The summed E-state index contributed by atoms with van der Waals surface area (Å²) < 4.78 is 10.6. The SMILES string of the molecule is CSCCC(=O)NC(C)N(C)C(C)C(=O)c1ccc2c(c1)OCO2. The minimum absolute atomic E-state index is 0.00794. The average molecular weight is 352 g/mol. The first-order chi connectivity index (χ1) is 11.4. The van der Waals surface area contributed by atoms with Crippen LogP contribution >= 0.6 is 11.8 Å². The van der Waals surface area contributed by atoms with Crippen molar-refractivity contribution in [3.63, 3.8) is 0 Å². The molecule has 2 atom stereocenters. The number of Topliss-reactive ketones (excluding diaryl/α,β-unsaturated/α-hetero) is 1. The number of thioether (sulfide) groups is 1. The standard InChI is InChI=1S/C17H24N2O4S/c1-11(19(3)12(2)18-16(20)7-8-24-4)17(21)13-5-6-14-15(9-13)23-10-22-14/h5-6,9,11-12H,7-8,10H2,1-4H3,(H,18,20). The van der Waals surface area contributed by atoms with Gasteiger partial charge in [0.05, 0.1) is 12.2 Å². The maximum absolute atomic E-state index is 12.7. The van der Waals surface area contributed by atoms with Crippen LogP contribution in [0.3, 0.4) is 0 Å². The van der Waals surface area contributed by atoms with Gasteiger partial charge in [-0.25, -0.2) is 0 Å². The first kappa shape index (κ1) is 18.6. The van der Waals surface area contributed by atoms with Crippen LogP contribution in [-0.4, -0.2) is 54.6 Å². The summed E-state index contributed by atoms with van der Waals surface area (Å²) >= 11 is 1.63. The van der Waals surface area contributed by atoms with Gasteiger partial charge in [0.1, 0.15) is 0 Å². The molecule has 0 bridgehead atoms. The molecule has 1 aliphatic heterocycles. The van der Waals surface area contributed by atoms with Gasteiger partial charge in [0.15, 0.2) is 17.3 Å². The fourth-order valence-corrected chi connectivity index (χ4v) is 2.80. The van der Waals surface area contributed by atoms with Crippen LogP contribution in [0.5, 0.6) is 11.5 Å². The lowest BCUT2D eigenvalue weighted by Gasteiger charge is -2.30. The summed E-state index contributed by atoms with van der Waals surface area (Å²) in [5.41, 5.74) is 0.569. The van der Waals surface area contributed by atoms with Crippen LogP contribution in [0.1, 0.15) is 30.6 Å². The fourth-order valence-electron chi connectivity index (χ4n) is 2.41. The summed E-state index contributed by atoms with van der Waals surface area (Å²) in [7, 11) is 1.83. The lowest BCUT2D eigenvalue weighted by molar-refractivity contribution is -0.122. The van der Waals surface area contributed by atoms with Crippen molar-refractivity contribution in [2.24, 2.45) is 0 Å². The fraction of sp³-hybridized carbons (Fsp3) is 0.529. The molecule has 0 fully saturated rings. The van der Waals surface area contributed by atoms with E-state index in [0.29, 0.717) is 23.5 Å². The lowest BCUT2D eigenvalue weighted by atomic mass is 10.0. The third-order valence-corrected chi connectivity index (χ3v) is 4.77. The van der Waals surface area contributed by atoms with Gasteiger partial charge >= 0.3 is 0 Å². The Bertz CT molecular complexity index is 608. The molecule has 1 amide bonds. The van der Waals surface area contributed by atoms with Gasteiger partial charge in [-0.2, -0.15) is 11.8 Å². The highest BCUT2D eigenvalue weighted by molar-refractivity contribution is 7.98. The number of carbonyl (C=O) groups is 2. The molecular formula is C17H24N2O4S. The monoisotopic (exact) mass is 352 g/mol. The number of ketones is 1. The molecule has 132 valence electrons. The number of rotatable bonds is 8. The maximum Gasteiger partial charge on any atom is 0.231 e. The number of nitrogens with one attached hydrogen (secondary N) is 1. The van der Waals surface area contributed by atoms with Crippen LogP contribution in [0.15, 0.2) is 18.2 Å². The molecule has 2 unspecified atom stereocenters. The Hall–Kier alpha value is -1.73. The van der Waals surface area contributed by atoms with Gasteiger partial charge in [0, 0.05) is 17.7 Å². The number of benzene rings is 1. The average Bonchev–Trinajstić information content (AvgIpc) is 3.05. The Morgan fingerprint density at radius 3 is 2.71 bits per heavy atom. The molecule has 0 aromatic heterocycles. The summed E-state index contributed by atoms with van der Waals surface area (Å²) in [6.45, 7) is 3.89. The first-order valence-corrected chi connectivity index (χ1v) is 9.27.